The van der Waals surface area contributed by atoms with Gasteiger partial charge in [0.15, 0.2) is 0 Å². The van der Waals surface area contributed by atoms with Crippen molar-refractivity contribution in [2.75, 3.05) is 0 Å². The molecule has 0 aliphatic carbocycles. The van der Waals surface area contributed by atoms with Crippen LogP contribution in [-0.2, 0) is 9.53 Å². The van der Waals surface area contributed by atoms with Crippen molar-refractivity contribution in [2.24, 2.45) is 5.92 Å². The van der Waals surface area contributed by atoms with Crippen LogP contribution in [-0.4, -0.2) is 34.5 Å². The lowest BCUT2D eigenvalue weighted by Gasteiger charge is -2.18. The second-order valence-corrected chi connectivity index (χ2v) is 7.05. The maximum Gasteiger partial charge on any atom is 0.314 e. The van der Waals surface area contributed by atoms with E-state index in [0.717, 1.165) is 12.8 Å². The molecule has 0 spiro atoms. The third-order valence-corrected chi connectivity index (χ3v) is 4.94. The van der Waals surface area contributed by atoms with E-state index in [-0.39, 0.29) is 0 Å². The summed E-state index contributed by atoms with van der Waals surface area (Å²) in [5.74, 6) is -1.21. The Bertz CT molecular complexity index is 318. The predicted molar refractivity (Wildman–Crippen MR) is 92.1 cm³/mol. The van der Waals surface area contributed by atoms with Gasteiger partial charge in [-0.3, -0.25) is 4.79 Å². The van der Waals surface area contributed by atoms with Gasteiger partial charge in [-0.25, -0.2) is 0 Å². The highest BCUT2D eigenvalue weighted by Gasteiger charge is 2.45. The summed E-state index contributed by atoms with van der Waals surface area (Å²) in [5.41, 5.74) is 0. The van der Waals surface area contributed by atoms with E-state index in [4.69, 9.17) is 4.74 Å². The van der Waals surface area contributed by atoms with Crippen molar-refractivity contribution < 1.29 is 19.7 Å². The molecule has 4 atom stereocenters. The SMILES string of the molecule is CCCCCCCCCCCCCC(O)[C@@H]1C(=O)O[C@@H](C)[C@H]1O. The second-order valence-electron chi connectivity index (χ2n) is 7.05. The number of aliphatic hydroxyl groups excluding tert-OH is 2. The first kappa shape index (κ1) is 20.4. The number of hydrogen-bond donors (Lipinski definition) is 2. The van der Waals surface area contributed by atoms with Crippen molar-refractivity contribution in [1.82, 2.24) is 0 Å². The van der Waals surface area contributed by atoms with E-state index in [2.05, 4.69) is 6.92 Å². The molecule has 0 saturated carbocycles. The molecule has 23 heavy (non-hydrogen) atoms. The van der Waals surface area contributed by atoms with Gasteiger partial charge in [0.05, 0.1) is 6.10 Å². The molecule has 1 saturated heterocycles. The van der Waals surface area contributed by atoms with Crippen molar-refractivity contribution in [1.29, 1.82) is 0 Å². The quantitative estimate of drug-likeness (QED) is 0.396. The molecule has 4 heteroatoms. The van der Waals surface area contributed by atoms with Gasteiger partial charge in [-0.15, -0.1) is 0 Å². The fourth-order valence-electron chi connectivity index (χ4n) is 3.34. The summed E-state index contributed by atoms with van der Waals surface area (Å²) in [6, 6.07) is 0. The standard InChI is InChI=1S/C19H36O4/c1-3-4-5-6-7-8-9-10-11-12-13-14-16(20)17-18(21)15(2)23-19(17)22/h15-18,20-21H,3-14H2,1-2H3/t15-,16?,17-,18+/m0/s1. The first-order valence-electron chi connectivity index (χ1n) is 9.64. The first-order chi connectivity index (χ1) is 11.1. The highest BCUT2D eigenvalue weighted by atomic mass is 16.6. The fraction of sp³-hybridized carbons (Fsp3) is 0.947. The van der Waals surface area contributed by atoms with Crippen molar-refractivity contribution in [3.63, 3.8) is 0 Å². The number of unbranched alkanes of at least 4 members (excludes halogenated alkanes) is 10. The summed E-state index contributed by atoms with van der Waals surface area (Å²) in [4.78, 5) is 11.6. The van der Waals surface area contributed by atoms with Crippen LogP contribution in [0, 0.1) is 5.92 Å². The molecule has 0 aromatic carbocycles. The summed E-state index contributed by atoms with van der Waals surface area (Å²) in [7, 11) is 0. The molecule has 0 amide bonds. The molecule has 0 bridgehead atoms. The zero-order valence-electron chi connectivity index (χ0n) is 15.0. The van der Waals surface area contributed by atoms with E-state index in [0.29, 0.717) is 6.42 Å². The fourth-order valence-corrected chi connectivity index (χ4v) is 3.34. The summed E-state index contributed by atoms with van der Waals surface area (Å²) in [5, 5.41) is 20.0. The molecule has 4 nitrogen and oxygen atoms in total. The summed E-state index contributed by atoms with van der Waals surface area (Å²) in [6.07, 6.45) is 12.3. The number of esters is 1. The minimum absolute atomic E-state index is 0.458. The van der Waals surface area contributed by atoms with Gasteiger partial charge in [0, 0.05) is 0 Å². The van der Waals surface area contributed by atoms with E-state index in [1.807, 2.05) is 0 Å². The lowest BCUT2D eigenvalue weighted by Crippen LogP contribution is -2.34. The summed E-state index contributed by atoms with van der Waals surface area (Å²) >= 11 is 0. The number of aliphatic hydroxyl groups is 2. The van der Waals surface area contributed by atoms with Crippen LogP contribution >= 0.6 is 0 Å². The van der Waals surface area contributed by atoms with Crippen LogP contribution in [0.15, 0.2) is 0 Å². The maximum absolute atomic E-state index is 11.6. The van der Waals surface area contributed by atoms with Crippen LogP contribution < -0.4 is 0 Å². The van der Waals surface area contributed by atoms with Gasteiger partial charge >= 0.3 is 5.97 Å². The minimum atomic E-state index is -0.870. The van der Waals surface area contributed by atoms with Crippen molar-refractivity contribution in [2.45, 2.75) is 109 Å². The van der Waals surface area contributed by atoms with Gasteiger partial charge in [-0.2, -0.15) is 0 Å². The molecule has 1 unspecified atom stereocenters. The van der Waals surface area contributed by atoms with Crippen LogP contribution in [0.2, 0.25) is 0 Å². The van der Waals surface area contributed by atoms with Gasteiger partial charge in [0.1, 0.15) is 18.1 Å². The number of ether oxygens (including phenoxy) is 1. The molecule has 1 heterocycles. The number of hydrogen-bond acceptors (Lipinski definition) is 4. The molecule has 0 aromatic heterocycles. The summed E-state index contributed by atoms with van der Waals surface area (Å²) < 4.78 is 4.97. The second kappa shape index (κ2) is 11.9. The third-order valence-electron chi connectivity index (χ3n) is 4.94. The Morgan fingerprint density at radius 2 is 1.43 bits per heavy atom. The molecule has 136 valence electrons. The van der Waals surface area contributed by atoms with Crippen molar-refractivity contribution in [3.8, 4) is 0 Å². The smallest absolute Gasteiger partial charge is 0.314 e. The lowest BCUT2D eigenvalue weighted by molar-refractivity contribution is -0.146. The molecule has 0 radical (unpaired) electrons. The molecule has 2 N–H and O–H groups in total. The predicted octanol–water partition coefficient (Wildman–Crippen LogP) is 3.97. The van der Waals surface area contributed by atoms with Crippen LogP contribution in [0.1, 0.15) is 90.9 Å². The largest absolute Gasteiger partial charge is 0.460 e. The summed E-state index contributed by atoms with van der Waals surface area (Å²) in [6.45, 7) is 3.91. The average Bonchev–Trinajstić information content (AvgIpc) is 2.77. The van der Waals surface area contributed by atoms with Crippen LogP contribution in [0.4, 0.5) is 0 Å². The normalized spacial score (nSPS) is 25.6. The third kappa shape index (κ3) is 7.67. The number of carbonyl (C=O) groups is 1. The molecule has 1 fully saturated rings. The van der Waals surface area contributed by atoms with Crippen LogP contribution in [0.5, 0.6) is 0 Å². The van der Waals surface area contributed by atoms with E-state index in [1.54, 1.807) is 6.92 Å². The molecule has 0 aromatic rings. The lowest BCUT2D eigenvalue weighted by atomic mass is 9.92. The Balaban J connectivity index is 1.96. The molecule has 1 aliphatic heterocycles. The highest BCUT2D eigenvalue weighted by molar-refractivity contribution is 5.76. The molecule has 1 aliphatic rings. The van der Waals surface area contributed by atoms with Crippen LogP contribution in [0.3, 0.4) is 0 Å². The Kier molecular flexibility index (Phi) is 10.5. The van der Waals surface area contributed by atoms with Crippen molar-refractivity contribution >= 4 is 5.97 Å². The molecular formula is C19H36O4. The zero-order valence-corrected chi connectivity index (χ0v) is 15.0. The number of rotatable bonds is 13. The van der Waals surface area contributed by atoms with Gasteiger partial charge < -0.3 is 14.9 Å². The van der Waals surface area contributed by atoms with E-state index in [1.165, 1.54) is 57.8 Å². The average molecular weight is 328 g/mol. The van der Waals surface area contributed by atoms with E-state index >= 15 is 0 Å². The first-order valence-corrected chi connectivity index (χ1v) is 9.64. The Morgan fingerprint density at radius 1 is 0.957 bits per heavy atom. The van der Waals surface area contributed by atoms with Gasteiger partial charge in [-0.1, -0.05) is 77.6 Å². The number of cyclic esters (lactones) is 1. The Labute approximate surface area is 141 Å². The van der Waals surface area contributed by atoms with E-state index in [9.17, 15) is 15.0 Å². The van der Waals surface area contributed by atoms with Gasteiger partial charge in [0.25, 0.3) is 0 Å². The molecule has 1 rings (SSSR count). The van der Waals surface area contributed by atoms with E-state index < -0.39 is 30.2 Å². The monoisotopic (exact) mass is 328 g/mol. The zero-order chi connectivity index (χ0) is 17.1. The highest BCUT2D eigenvalue weighted by Crippen LogP contribution is 2.27. The topological polar surface area (TPSA) is 66.8 Å². The Hall–Kier alpha value is -0.610. The minimum Gasteiger partial charge on any atom is -0.460 e. The molecular weight excluding hydrogens is 292 g/mol. The Morgan fingerprint density at radius 3 is 1.87 bits per heavy atom. The van der Waals surface area contributed by atoms with Crippen molar-refractivity contribution in [3.05, 3.63) is 0 Å². The van der Waals surface area contributed by atoms with Crippen LogP contribution in [0.25, 0.3) is 0 Å². The maximum atomic E-state index is 11.6. The van der Waals surface area contributed by atoms with Gasteiger partial charge in [0.2, 0.25) is 0 Å². The number of carbonyl (C=O) groups excluding carboxylic acids is 1. The van der Waals surface area contributed by atoms with Gasteiger partial charge in [-0.05, 0) is 13.3 Å².